The maximum Gasteiger partial charge on any atom is 0.270 e. The zero-order valence-corrected chi connectivity index (χ0v) is 15.8. The van der Waals surface area contributed by atoms with Gasteiger partial charge in [0.05, 0.1) is 22.0 Å². The van der Waals surface area contributed by atoms with Gasteiger partial charge in [0.2, 0.25) is 5.89 Å². The van der Waals surface area contributed by atoms with Gasteiger partial charge in [-0.15, -0.1) is 10.2 Å². The minimum absolute atomic E-state index is 0.153. The Balaban J connectivity index is 1.96. The third-order valence-electron chi connectivity index (χ3n) is 3.93. The number of hydrogen-bond acceptors (Lipinski definition) is 9. The zero-order valence-electron chi connectivity index (χ0n) is 15.0. The summed E-state index contributed by atoms with van der Waals surface area (Å²) >= 11 is 0. The summed E-state index contributed by atoms with van der Waals surface area (Å²) in [5, 5.41) is 7.33. The second kappa shape index (κ2) is 7.41. The van der Waals surface area contributed by atoms with Crippen molar-refractivity contribution in [2.24, 2.45) is 5.73 Å². The Morgan fingerprint density at radius 3 is 2.48 bits per heavy atom. The van der Waals surface area contributed by atoms with Crippen LogP contribution in [-0.2, 0) is 16.3 Å². The van der Waals surface area contributed by atoms with Crippen LogP contribution in [0.2, 0.25) is 0 Å². The molecule has 0 atom stereocenters. The Labute approximate surface area is 156 Å². The molecule has 0 amide bonds. The number of hydrogen-bond donors (Lipinski definition) is 2. The smallest absolute Gasteiger partial charge is 0.270 e. The molecule has 0 spiro atoms. The number of nitrogen functional groups attached to an aromatic ring is 1. The standard InChI is InChI=1S/C17H20N6O3S/c1-10(2)27(24,25)12-5-3-11(4-6-12)13-9-20-16(19)15(21-13)17-23-22-14(26-17)7-8-18/h3-6,9-10H,7-8,18H2,1-2H3,(H2,19,20). The van der Waals surface area contributed by atoms with Crippen molar-refractivity contribution < 1.29 is 12.8 Å². The van der Waals surface area contributed by atoms with E-state index >= 15 is 0 Å². The number of anilines is 1. The topological polar surface area (TPSA) is 151 Å². The summed E-state index contributed by atoms with van der Waals surface area (Å²) in [4.78, 5) is 8.84. The normalized spacial score (nSPS) is 11.9. The molecule has 2 aromatic heterocycles. The maximum atomic E-state index is 12.2. The van der Waals surface area contributed by atoms with Crippen molar-refractivity contribution >= 4 is 15.7 Å². The number of rotatable bonds is 6. The fourth-order valence-electron chi connectivity index (χ4n) is 2.36. The Bertz CT molecular complexity index is 1040. The largest absolute Gasteiger partial charge is 0.419 e. The van der Waals surface area contributed by atoms with Gasteiger partial charge < -0.3 is 15.9 Å². The molecule has 3 rings (SSSR count). The maximum absolute atomic E-state index is 12.2. The minimum atomic E-state index is -3.34. The van der Waals surface area contributed by atoms with Gasteiger partial charge in [-0.25, -0.2) is 18.4 Å². The van der Waals surface area contributed by atoms with Crippen molar-refractivity contribution in [2.75, 3.05) is 12.3 Å². The van der Waals surface area contributed by atoms with Gasteiger partial charge in [0.1, 0.15) is 0 Å². The van der Waals surface area contributed by atoms with Crippen LogP contribution in [0.5, 0.6) is 0 Å². The molecule has 0 aliphatic carbocycles. The molecular weight excluding hydrogens is 368 g/mol. The first kappa shape index (κ1) is 18.9. The molecule has 2 heterocycles. The minimum Gasteiger partial charge on any atom is -0.419 e. The molecule has 0 aliphatic rings. The van der Waals surface area contributed by atoms with Crippen molar-refractivity contribution in [1.82, 2.24) is 20.2 Å². The molecule has 27 heavy (non-hydrogen) atoms. The van der Waals surface area contributed by atoms with Crippen LogP contribution in [0.1, 0.15) is 19.7 Å². The zero-order chi connectivity index (χ0) is 19.6. The lowest BCUT2D eigenvalue weighted by atomic mass is 10.1. The predicted molar refractivity (Wildman–Crippen MR) is 100 cm³/mol. The lowest BCUT2D eigenvalue weighted by molar-refractivity contribution is 0.505. The van der Waals surface area contributed by atoms with Crippen LogP contribution in [0.15, 0.2) is 39.8 Å². The molecule has 0 unspecified atom stereocenters. The van der Waals surface area contributed by atoms with Crippen LogP contribution in [0.3, 0.4) is 0 Å². The summed E-state index contributed by atoms with van der Waals surface area (Å²) in [6.45, 7) is 3.67. The van der Waals surface area contributed by atoms with E-state index in [0.29, 0.717) is 30.1 Å². The van der Waals surface area contributed by atoms with E-state index in [9.17, 15) is 8.42 Å². The van der Waals surface area contributed by atoms with E-state index in [1.54, 1.807) is 38.1 Å². The molecule has 10 heteroatoms. The van der Waals surface area contributed by atoms with E-state index in [4.69, 9.17) is 15.9 Å². The van der Waals surface area contributed by atoms with Crippen LogP contribution in [-0.4, -0.2) is 40.4 Å². The number of aromatic nitrogens is 4. The Morgan fingerprint density at radius 1 is 1.15 bits per heavy atom. The van der Waals surface area contributed by atoms with E-state index < -0.39 is 15.1 Å². The molecule has 0 aliphatic heterocycles. The number of nitrogens with zero attached hydrogens (tertiary/aromatic N) is 4. The first-order chi connectivity index (χ1) is 12.8. The highest BCUT2D eigenvalue weighted by atomic mass is 32.2. The first-order valence-corrected chi connectivity index (χ1v) is 9.87. The highest BCUT2D eigenvalue weighted by Gasteiger charge is 2.20. The molecule has 4 N–H and O–H groups in total. The summed E-state index contributed by atoms with van der Waals surface area (Å²) in [7, 11) is -3.34. The summed E-state index contributed by atoms with van der Waals surface area (Å²) in [6, 6.07) is 6.45. The van der Waals surface area contributed by atoms with E-state index in [1.807, 2.05) is 0 Å². The summed E-state index contributed by atoms with van der Waals surface area (Å²) in [5.74, 6) is 0.701. The molecule has 9 nitrogen and oxygen atoms in total. The van der Waals surface area contributed by atoms with Crippen molar-refractivity contribution in [1.29, 1.82) is 0 Å². The van der Waals surface area contributed by atoms with E-state index in [2.05, 4.69) is 20.2 Å². The molecular formula is C17H20N6O3S. The van der Waals surface area contributed by atoms with E-state index in [-0.39, 0.29) is 22.3 Å². The Morgan fingerprint density at radius 2 is 1.85 bits per heavy atom. The van der Waals surface area contributed by atoms with Crippen LogP contribution in [0.25, 0.3) is 22.8 Å². The molecule has 3 aromatic rings. The van der Waals surface area contributed by atoms with Crippen molar-refractivity contribution in [3.05, 3.63) is 36.4 Å². The average Bonchev–Trinajstić information content (AvgIpc) is 3.11. The van der Waals surface area contributed by atoms with E-state index in [1.165, 1.54) is 6.20 Å². The molecule has 0 fully saturated rings. The molecule has 0 bridgehead atoms. The number of nitrogens with two attached hydrogens (primary N) is 2. The van der Waals surface area contributed by atoms with Crippen molar-refractivity contribution in [3.8, 4) is 22.8 Å². The molecule has 142 valence electrons. The molecule has 0 saturated carbocycles. The summed E-state index contributed by atoms with van der Waals surface area (Å²) < 4.78 is 30.0. The quantitative estimate of drug-likeness (QED) is 0.639. The molecule has 0 radical (unpaired) electrons. The van der Waals surface area contributed by atoms with Crippen molar-refractivity contribution in [2.45, 2.75) is 30.4 Å². The van der Waals surface area contributed by atoms with Gasteiger partial charge in [-0.2, -0.15) is 0 Å². The number of benzene rings is 1. The van der Waals surface area contributed by atoms with Gasteiger partial charge in [-0.3, -0.25) is 0 Å². The van der Waals surface area contributed by atoms with Crippen LogP contribution in [0.4, 0.5) is 5.82 Å². The Hall–Kier alpha value is -2.85. The Kier molecular flexibility index (Phi) is 5.19. The van der Waals surface area contributed by atoms with Crippen molar-refractivity contribution in [3.63, 3.8) is 0 Å². The lowest BCUT2D eigenvalue weighted by Gasteiger charge is -2.09. The third-order valence-corrected chi connectivity index (χ3v) is 6.10. The second-order valence-electron chi connectivity index (χ2n) is 6.15. The van der Waals surface area contributed by atoms with Gasteiger partial charge in [-0.1, -0.05) is 12.1 Å². The molecule has 0 saturated heterocycles. The molecule has 1 aromatic carbocycles. The lowest BCUT2D eigenvalue weighted by Crippen LogP contribution is -2.13. The number of sulfone groups is 1. The highest BCUT2D eigenvalue weighted by Crippen LogP contribution is 2.26. The van der Waals surface area contributed by atoms with Gasteiger partial charge >= 0.3 is 0 Å². The summed E-state index contributed by atoms with van der Waals surface area (Å²) in [6.07, 6.45) is 1.95. The average molecular weight is 388 g/mol. The summed E-state index contributed by atoms with van der Waals surface area (Å²) in [5.41, 5.74) is 12.8. The van der Waals surface area contributed by atoms with Gasteiger partial charge in [0, 0.05) is 18.5 Å². The van der Waals surface area contributed by atoms with Crippen LogP contribution in [0, 0.1) is 0 Å². The van der Waals surface area contributed by atoms with Gasteiger partial charge in [0.25, 0.3) is 5.89 Å². The van der Waals surface area contributed by atoms with Gasteiger partial charge in [-0.05, 0) is 26.0 Å². The SMILES string of the molecule is CC(C)S(=O)(=O)c1ccc(-c2cnc(N)c(-c3nnc(CCN)o3)n2)cc1. The monoisotopic (exact) mass is 388 g/mol. The van der Waals surface area contributed by atoms with Crippen LogP contribution >= 0.6 is 0 Å². The van der Waals surface area contributed by atoms with E-state index in [0.717, 1.165) is 0 Å². The predicted octanol–water partition coefficient (Wildman–Crippen LogP) is 1.46. The highest BCUT2D eigenvalue weighted by molar-refractivity contribution is 7.92. The first-order valence-electron chi connectivity index (χ1n) is 8.32. The van der Waals surface area contributed by atoms with Crippen LogP contribution < -0.4 is 11.5 Å². The fraction of sp³-hybridized carbons (Fsp3) is 0.294. The fourth-order valence-corrected chi connectivity index (χ4v) is 3.42. The second-order valence-corrected chi connectivity index (χ2v) is 8.65. The third kappa shape index (κ3) is 3.81. The van der Waals surface area contributed by atoms with Gasteiger partial charge in [0.15, 0.2) is 21.3 Å².